The Kier molecular flexibility index (Phi) is 4.93. The van der Waals surface area contributed by atoms with Gasteiger partial charge in [-0.2, -0.15) is 4.39 Å². The molecule has 0 N–H and O–H groups in total. The molecule has 1 aromatic rings. The number of rotatable bonds is 2. The Morgan fingerprint density at radius 3 is 2.23 bits per heavy atom. The first kappa shape index (κ1) is 16.6. The first-order valence-corrected chi connectivity index (χ1v) is 6.58. The van der Waals surface area contributed by atoms with Crippen molar-refractivity contribution >= 4 is 34.9 Å². The van der Waals surface area contributed by atoms with Gasteiger partial charge in [-0.3, -0.25) is 0 Å². The van der Waals surface area contributed by atoms with Crippen molar-refractivity contribution in [2.24, 2.45) is 0 Å². The van der Waals surface area contributed by atoms with E-state index in [-0.39, 0.29) is 13.2 Å². The quantitative estimate of drug-likeness (QED) is 0.177. The summed E-state index contributed by atoms with van der Waals surface area (Å²) < 4.78 is 69.9. The van der Waals surface area contributed by atoms with Crippen molar-refractivity contribution in [1.29, 1.82) is 0 Å². The number of carbonyl (C=O) groups excluding carboxylic acids is 2. The molecule has 0 spiro atoms. The Hall–Kier alpha value is -1.79. The third-order valence-corrected chi connectivity index (χ3v) is 3.34. The molecule has 0 amide bonds. The lowest BCUT2D eigenvalue weighted by Gasteiger charge is -2.21. The van der Waals surface area contributed by atoms with Crippen LogP contribution in [0.5, 0.6) is 5.75 Å². The highest BCUT2D eigenvalue weighted by molar-refractivity contribution is 14.1. The Morgan fingerprint density at radius 1 is 1.05 bits per heavy atom. The Morgan fingerprint density at radius 2 is 1.64 bits per heavy atom. The van der Waals surface area contributed by atoms with Gasteiger partial charge >= 0.3 is 12.3 Å². The van der Waals surface area contributed by atoms with Crippen LogP contribution < -0.4 is 4.74 Å². The highest BCUT2D eigenvalue weighted by Crippen LogP contribution is 2.31. The Bertz CT molecular complexity index is 598. The molecule has 0 aliphatic carbocycles. The third-order valence-electron chi connectivity index (χ3n) is 2.39. The number of hydrogen-bond donors (Lipinski definition) is 0. The molecule has 120 valence electrons. The fourth-order valence-electron chi connectivity index (χ4n) is 1.40. The minimum atomic E-state index is -2.02. The van der Waals surface area contributed by atoms with Crippen LogP contribution in [0.1, 0.15) is 0 Å². The van der Waals surface area contributed by atoms with E-state index in [2.05, 4.69) is 18.9 Å². The Balaban J connectivity index is 2.10. The minimum absolute atomic E-state index is 0.353. The highest BCUT2D eigenvalue weighted by Gasteiger charge is 2.30. The van der Waals surface area contributed by atoms with Crippen LogP contribution in [0.25, 0.3) is 0 Å². The van der Waals surface area contributed by atoms with Crippen molar-refractivity contribution in [2.45, 2.75) is 6.10 Å². The summed E-state index contributed by atoms with van der Waals surface area (Å²) in [6, 6.07) is 0. The number of hydrogen-bond acceptors (Lipinski definition) is 6. The van der Waals surface area contributed by atoms with Gasteiger partial charge in [-0.05, 0) is 22.6 Å². The summed E-state index contributed by atoms with van der Waals surface area (Å²) in [5.41, 5.74) is 0. The van der Waals surface area contributed by atoms with Gasteiger partial charge in [-0.25, -0.2) is 22.8 Å². The van der Waals surface area contributed by atoms with E-state index in [1.54, 1.807) is 0 Å². The predicted molar refractivity (Wildman–Crippen MR) is 67.2 cm³/mol. The second kappa shape index (κ2) is 6.54. The molecule has 0 radical (unpaired) electrons. The number of ether oxygens (including phenoxy) is 4. The molecule has 2 rings (SSSR count). The van der Waals surface area contributed by atoms with Crippen molar-refractivity contribution in [3.8, 4) is 5.75 Å². The van der Waals surface area contributed by atoms with Gasteiger partial charge in [0.05, 0.1) is 3.57 Å². The summed E-state index contributed by atoms with van der Waals surface area (Å²) in [5, 5.41) is 0. The monoisotopic (exact) mass is 436 g/mol. The average molecular weight is 436 g/mol. The summed E-state index contributed by atoms with van der Waals surface area (Å²) in [4.78, 5) is 22.0. The molecule has 6 nitrogen and oxygen atoms in total. The van der Waals surface area contributed by atoms with Crippen LogP contribution in [-0.2, 0) is 14.2 Å². The molecule has 1 saturated heterocycles. The predicted octanol–water partition coefficient (Wildman–Crippen LogP) is 2.90. The zero-order valence-electron chi connectivity index (χ0n) is 10.3. The van der Waals surface area contributed by atoms with Crippen LogP contribution in [-0.4, -0.2) is 31.6 Å². The summed E-state index contributed by atoms with van der Waals surface area (Å²) in [7, 11) is 0. The molecule has 0 atom stereocenters. The molecular weight excluding hydrogens is 431 g/mol. The molecule has 22 heavy (non-hydrogen) atoms. The minimum Gasteiger partial charge on any atom is -0.430 e. The van der Waals surface area contributed by atoms with E-state index in [1.807, 2.05) is 0 Å². The highest BCUT2D eigenvalue weighted by atomic mass is 127. The van der Waals surface area contributed by atoms with E-state index < -0.39 is 51.0 Å². The Labute approximate surface area is 133 Å². The molecule has 0 aromatic heterocycles. The molecule has 1 heterocycles. The van der Waals surface area contributed by atoms with E-state index in [0.29, 0.717) is 0 Å². The maximum absolute atomic E-state index is 13.6. The van der Waals surface area contributed by atoms with Crippen molar-refractivity contribution in [2.75, 3.05) is 13.2 Å². The van der Waals surface area contributed by atoms with Crippen LogP contribution in [0.4, 0.5) is 27.2 Å². The fourth-order valence-corrected chi connectivity index (χ4v) is 1.88. The molecule has 1 aromatic carbocycles. The van der Waals surface area contributed by atoms with Gasteiger partial charge in [-0.1, -0.05) is 0 Å². The molecule has 0 saturated carbocycles. The summed E-state index contributed by atoms with van der Waals surface area (Å²) in [5.74, 6) is -8.80. The van der Waals surface area contributed by atoms with Crippen LogP contribution in [0.3, 0.4) is 0 Å². The summed E-state index contributed by atoms with van der Waals surface area (Å²) >= 11 is 1.07. The maximum Gasteiger partial charge on any atom is 0.514 e. The van der Waals surface area contributed by atoms with Crippen molar-refractivity contribution in [3.63, 3.8) is 0 Å². The molecule has 1 aliphatic heterocycles. The third kappa shape index (κ3) is 3.34. The van der Waals surface area contributed by atoms with Crippen LogP contribution in [0.2, 0.25) is 0 Å². The normalized spacial score (nSPS) is 15.0. The SMILES string of the molecule is O=C1OCC(OC(=O)Oc2c(F)c(F)c(F)c(I)c2F)CO1. The van der Waals surface area contributed by atoms with Crippen molar-refractivity contribution in [1.82, 2.24) is 0 Å². The summed E-state index contributed by atoms with van der Waals surface area (Å²) in [6.45, 7) is -0.706. The van der Waals surface area contributed by atoms with Gasteiger partial charge in [0.1, 0.15) is 13.2 Å². The second-order valence-corrected chi connectivity index (χ2v) is 4.94. The second-order valence-electron chi connectivity index (χ2n) is 3.86. The van der Waals surface area contributed by atoms with Crippen molar-refractivity contribution in [3.05, 3.63) is 26.8 Å². The van der Waals surface area contributed by atoms with Gasteiger partial charge in [0, 0.05) is 0 Å². The lowest BCUT2D eigenvalue weighted by Crippen LogP contribution is -2.36. The lowest BCUT2D eigenvalue weighted by molar-refractivity contribution is -0.0662. The molecule has 0 bridgehead atoms. The van der Waals surface area contributed by atoms with Crippen molar-refractivity contribution < 1.29 is 46.1 Å². The van der Waals surface area contributed by atoms with Crippen LogP contribution in [0, 0.1) is 26.8 Å². The summed E-state index contributed by atoms with van der Waals surface area (Å²) in [6.07, 6.45) is -3.65. The molecule has 1 aliphatic rings. The van der Waals surface area contributed by atoms with E-state index in [9.17, 15) is 27.2 Å². The van der Waals surface area contributed by atoms with Crippen LogP contribution in [0.15, 0.2) is 0 Å². The largest absolute Gasteiger partial charge is 0.514 e. The van der Waals surface area contributed by atoms with Gasteiger partial charge in [0.15, 0.2) is 23.6 Å². The van der Waals surface area contributed by atoms with Crippen LogP contribution >= 0.6 is 22.6 Å². The fraction of sp³-hybridized carbons (Fsp3) is 0.273. The topological polar surface area (TPSA) is 71.1 Å². The maximum atomic E-state index is 13.6. The van der Waals surface area contributed by atoms with Gasteiger partial charge in [-0.15, -0.1) is 0 Å². The number of halogens is 5. The molecule has 0 unspecified atom stereocenters. The first-order valence-electron chi connectivity index (χ1n) is 5.50. The number of benzene rings is 1. The number of carbonyl (C=O) groups is 2. The van der Waals surface area contributed by atoms with E-state index in [4.69, 9.17) is 0 Å². The molecule has 1 fully saturated rings. The van der Waals surface area contributed by atoms with Gasteiger partial charge in [0.2, 0.25) is 11.6 Å². The zero-order chi connectivity index (χ0) is 16.4. The standard InChI is InChI=1S/C11H5F4IO6/c12-4-5(13)8(16)7(15)9(6(4)14)22-11(18)21-3-1-19-10(17)20-2-3/h3H,1-2H2. The van der Waals surface area contributed by atoms with E-state index >= 15 is 0 Å². The number of cyclic esters (lactones) is 2. The molecule has 11 heteroatoms. The van der Waals surface area contributed by atoms with Gasteiger partial charge < -0.3 is 18.9 Å². The average Bonchev–Trinajstić information content (AvgIpc) is 2.50. The van der Waals surface area contributed by atoms with Gasteiger partial charge in [0.25, 0.3) is 0 Å². The lowest BCUT2D eigenvalue weighted by atomic mass is 10.3. The molecular formula is C11H5F4IO6. The van der Waals surface area contributed by atoms with E-state index in [1.165, 1.54) is 0 Å². The first-order chi connectivity index (χ1) is 10.3. The zero-order valence-corrected chi connectivity index (χ0v) is 12.5. The smallest absolute Gasteiger partial charge is 0.430 e. The van der Waals surface area contributed by atoms with E-state index in [0.717, 1.165) is 22.6 Å².